The van der Waals surface area contributed by atoms with Crippen LogP contribution in [0.5, 0.6) is 5.75 Å². The van der Waals surface area contributed by atoms with Crippen molar-refractivity contribution in [3.05, 3.63) is 83.1 Å². The molecule has 0 saturated heterocycles. The number of hydrogen-bond acceptors (Lipinski definition) is 4. The summed E-state index contributed by atoms with van der Waals surface area (Å²) >= 11 is 0. The van der Waals surface area contributed by atoms with E-state index in [1.165, 1.54) is 43.3 Å². The number of methoxy groups -OCH3 is 1. The highest BCUT2D eigenvalue weighted by atomic mass is 19.1. The Hall–Kier alpha value is -4.27. The number of para-hydroxylation sites is 1. The van der Waals surface area contributed by atoms with Crippen LogP contribution in [0.25, 0.3) is 22.0 Å². The van der Waals surface area contributed by atoms with Crippen LogP contribution in [-0.4, -0.2) is 48.1 Å². The second-order valence-corrected chi connectivity index (χ2v) is 7.69. The zero-order chi connectivity index (χ0) is 24.4. The van der Waals surface area contributed by atoms with Crippen molar-refractivity contribution in [3.8, 4) is 16.9 Å². The van der Waals surface area contributed by atoms with Crippen molar-refractivity contribution >= 4 is 22.7 Å². The highest BCUT2D eigenvalue weighted by molar-refractivity contribution is 5.97. The van der Waals surface area contributed by atoms with Crippen LogP contribution in [0.15, 0.2) is 54.7 Å². The highest BCUT2D eigenvalue weighted by Crippen LogP contribution is 2.35. The number of aromatic amines is 1. The first-order chi connectivity index (χ1) is 16.3. The minimum Gasteiger partial charge on any atom is -0.493 e. The standard InChI is InChI=1S/C25H22F2N4O3/c1-28-24(32)19-11-14(7-10-20(19)26)17-8-9-18(21(27)23(17)34-3)25(33)31(2)13-16-6-4-5-15-12-29-30-22(15)16/h4-12H,13H2,1-3H3,(H,28,32)(H,29,30). The van der Waals surface area contributed by atoms with Crippen molar-refractivity contribution in [2.24, 2.45) is 0 Å². The molecule has 4 rings (SSSR count). The first-order valence-corrected chi connectivity index (χ1v) is 10.4. The number of rotatable bonds is 6. The van der Waals surface area contributed by atoms with Gasteiger partial charge in [-0.1, -0.05) is 24.3 Å². The number of fused-ring (bicyclic) bond motifs is 1. The molecule has 1 aromatic heterocycles. The van der Waals surface area contributed by atoms with Crippen molar-refractivity contribution in [2.75, 3.05) is 21.2 Å². The normalized spacial score (nSPS) is 10.9. The first kappa shape index (κ1) is 22.9. The average Bonchev–Trinajstić information content (AvgIpc) is 3.33. The van der Waals surface area contributed by atoms with E-state index in [0.717, 1.165) is 22.5 Å². The van der Waals surface area contributed by atoms with Crippen molar-refractivity contribution in [1.29, 1.82) is 0 Å². The van der Waals surface area contributed by atoms with Crippen molar-refractivity contribution < 1.29 is 23.1 Å². The van der Waals surface area contributed by atoms with Gasteiger partial charge < -0.3 is 15.0 Å². The summed E-state index contributed by atoms with van der Waals surface area (Å²) in [5.41, 5.74) is 1.94. The summed E-state index contributed by atoms with van der Waals surface area (Å²) in [5.74, 6) is -2.88. The number of amides is 2. The summed E-state index contributed by atoms with van der Waals surface area (Å²) in [6, 6.07) is 12.3. The minimum atomic E-state index is -0.845. The van der Waals surface area contributed by atoms with Crippen LogP contribution in [0.4, 0.5) is 8.78 Å². The number of nitrogens with one attached hydrogen (secondary N) is 2. The molecule has 0 fully saturated rings. The number of ether oxygens (including phenoxy) is 1. The molecule has 2 amide bonds. The molecule has 0 radical (unpaired) electrons. The maximum absolute atomic E-state index is 15.4. The predicted octanol–water partition coefficient (Wildman–Crippen LogP) is 4.15. The molecule has 0 unspecified atom stereocenters. The Kier molecular flexibility index (Phi) is 6.27. The molecule has 9 heteroatoms. The Morgan fingerprint density at radius 3 is 2.65 bits per heavy atom. The topological polar surface area (TPSA) is 87.3 Å². The molecule has 4 aromatic rings. The molecule has 174 valence electrons. The summed E-state index contributed by atoms with van der Waals surface area (Å²) in [6.45, 7) is 0.231. The molecule has 7 nitrogen and oxygen atoms in total. The molecular formula is C25H22F2N4O3. The van der Waals surface area contributed by atoms with Gasteiger partial charge in [0.15, 0.2) is 11.6 Å². The number of halogens is 2. The van der Waals surface area contributed by atoms with Gasteiger partial charge in [0.2, 0.25) is 0 Å². The maximum atomic E-state index is 15.4. The summed E-state index contributed by atoms with van der Waals surface area (Å²) < 4.78 is 34.8. The molecule has 0 aliphatic carbocycles. The number of H-pyrrole nitrogens is 1. The van der Waals surface area contributed by atoms with Crippen LogP contribution >= 0.6 is 0 Å². The summed E-state index contributed by atoms with van der Waals surface area (Å²) in [5, 5.41) is 10.2. The number of benzene rings is 3. The molecular weight excluding hydrogens is 442 g/mol. The van der Waals surface area contributed by atoms with Gasteiger partial charge in [-0.2, -0.15) is 5.10 Å². The molecule has 0 spiro atoms. The van der Waals surface area contributed by atoms with Gasteiger partial charge in [0.05, 0.1) is 30.0 Å². The van der Waals surface area contributed by atoms with Crippen LogP contribution in [0, 0.1) is 11.6 Å². The zero-order valence-electron chi connectivity index (χ0n) is 18.8. The molecule has 0 bridgehead atoms. The van der Waals surface area contributed by atoms with Crippen LogP contribution in [0.1, 0.15) is 26.3 Å². The molecule has 3 aromatic carbocycles. The second-order valence-electron chi connectivity index (χ2n) is 7.69. The molecule has 1 heterocycles. The Morgan fingerprint density at radius 2 is 1.91 bits per heavy atom. The van der Waals surface area contributed by atoms with Gasteiger partial charge in [0.1, 0.15) is 5.82 Å². The summed E-state index contributed by atoms with van der Waals surface area (Å²) in [7, 11) is 4.24. The van der Waals surface area contributed by atoms with Gasteiger partial charge in [-0.3, -0.25) is 14.7 Å². The molecule has 0 saturated carbocycles. The van der Waals surface area contributed by atoms with Crippen LogP contribution in [-0.2, 0) is 6.54 Å². The fourth-order valence-electron chi connectivity index (χ4n) is 3.84. The number of carbonyl (C=O) groups is 2. The quantitative estimate of drug-likeness (QED) is 0.449. The predicted molar refractivity (Wildman–Crippen MR) is 124 cm³/mol. The van der Waals surface area contributed by atoms with Gasteiger partial charge in [-0.05, 0) is 35.4 Å². The molecule has 2 N–H and O–H groups in total. The lowest BCUT2D eigenvalue weighted by Gasteiger charge is -2.20. The molecule has 0 aliphatic heterocycles. The van der Waals surface area contributed by atoms with E-state index in [4.69, 9.17) is 4.74 Å². The SMILES string of the molecule is CNC(=O)c1cc(-c2ccc(C(=O)N(C)Cc3cccc4cn[nH]c34)c(F)c2OC)ccc1F. The number of nitrogens with zero attached hydrogens (tertiary/aromatic N) is 2. The lowest BCUT2D eigenvalue weighted by molar-refractivity contribution is 0.0780. The van der Waals surface area contributed by atoms with Crippen LogP contribution in [0.2, 0.25) is 0 Å². The van der Waals surface area contributed by atoms with E-state index in [0.29, 0.717) is 5.56 Å². The van der Waals surface area contributed by atoms with Gasteiger partial charge >= 0.3 is 0 Å². The third-order valence-corrected chi connectivity index (χ3v) is 5.60. The van der Waals surface area contributed by atoms with E-state index in [2.05, 4.69) is 15.5 Å². The van der Waals surface area contributed by atoms with Gasteiger partial charge in [0.25, 0.3) is 11.8 Å². The first-order valence-electron chi connectivity index (χ1n) is 10.4. The monoisotopic (exact) mass is 464 g/mol. The Balaban J connectivity index is 1.67. The Labute approximate surface area is 194 Å². The van der Waals surface area contributed by atoms with E-state index in [1.54, 1.807) is 13.2 Å². The van der Waals surface area contributed by atoms with Gasteiger partial charge in [-0.15, -0.1) is 0 Å². The zero-order valence-corrected chi connectivity index (χ0v) is 18.8. The second kappa shape index (κ2) is 9.30. The van der Waals surface area contributed by atoms with Gasteiger partial charge in [0, 0.05) is 31.6 Å². The lowest BCUT2D eigenvalue weighted by Crippen LogP contribution is -2.27. The van der Waals surface area contributed by atoms with Crippen LogP contribution in [0.3, 0.4) is 0 Å². The van der Waals surface area contributed by atoms with E-state index in [-0.39, 0.29) is 29.0 Å². The third kappa shape index (κ3) is 4.07. The smallest absolute Gasteiger partial charge is 0.257 e. The molecule has 34 heavy (non-hydrogen) atoms. The lowest BCUT2D eigenvalue weighted by atomic mass is 9.99. The van der Waals surface area contributed by atoms with E-state index in [9.17, 15) is 14.0 Å². The van der Waals surface area contributed by atoms with E-state index < -0.39 is 23.4 Å². The number of hydrogen-bond donors (Lipinski definition) is 2. The van der Waals surface area contributed by atoms with Crippen molar-refractivity contribution in [1.82, 2.24) is 20.4 Å². The molecule has 0 aliphatic rings. The average molecular weight is 464 g/mol. The van der Waals surface area contributed by atoms with Crippen molar-refractivity contribution in [3.63, 3.8) is 0 Å². The fraction of sp³-hybridized carbons (Fsp3) is 0.160. The third-order valence-electron chi connectivity index (χ3n) is 5.60. The number of aromatic nitrogens is 2. The fourth-order valence-corrected chi connectivity index (χ4v) is 3.84. The number of carbonyl (C=O) groups excluding carboxylic acids is 2. The minimum absolute atomic E-state index is 0.173. The van der Waals surface area contributed by atoms with Gasteiger partial charge in [-0.25, -0.2) is 8.78 Å². The van der Waals surface area contributed by atoms with Crippen molar-refractivity contribution in [2.45, 2.75) is 6.54 Å². The maximum Gasteiger partial charge on any atom is 0.257 e. The Bertz CT molecular complexity index is 1400. The largest absolute Gasteiger partial charge is 0.493 e. The summed E-state index contributed by atoms with van der Waals surface area (Å²) in [6.07, 6.45) is 1.69. The summed E-state index contributed by atoms with van der Waals surface area (Å²) in [4.78, 5) is 26.4. The van der Waals surface area contributed by atoms with Crippen LogP contribution < -0.4 is 10.1 Å². The Morgan fingerprint density at radius 1 is 1.12 bits per heavy atom. The molecule has 0 atom stereocenters. The van der Waals surface area contributed by atoms with E-state index in [1.807, 2.05) is 18.2 Å². The highest BCUT2D eigenvalue weighted by Gasteiger charge is 2.24. The van der Waals surface area contributed by atoms with E-state index >= 15 is 4.39 Å².